The summed E-state index contributed by atoms with van der Waals surface area (Å²) in [6, 6.07) is 14.4. The number of hydrogen-bond donors (Lipinski definition) is 0. The lowest BCUT2D eigenvalue weighted by Crippen LogP contribution is -2.31. The fourth-order valence-corrected chi connectivity index (χ4v) is 3.35. The Labute approximate surface area is 166 Å². The Balaban J connectivity index is 1.82. The largest absolute Gasteiger partial charge is 0.335 e. The third-order valence-corrected chi connectivity index (χ3v) is 5.33. The summed E-state index contributed by atoms with van der Waals surface area (Å²) in [6.07, 6.45) is 0.759. The number of imide groups is 1. The second kappa shape index (κ2) is 7.97. The van der Waals surface area contributed by atoms with Gasteiger partial charge in [0.15, 0.2) is 0 Å². The highest BCUT2D eigenvalue weighted by atomic mass is 16.2. The van der Waals surface area contributed by atoms with E-state index < -0.39 is 0 Å². The number of carbonyl (C=O) groups excluding carboxylic acids is 3. The molecular weight excluding hydrogens is 352 g/mol. The molecule has 1 aliphatic rings. The van der Waals surface area contributed by atoms with Crippen LogP contribution in [0.15, 0.2) is 48.5 Å². The smallest absolute Gasteiger partial charge is 0.261 e. The molecule has 28 heavy (non-hydrogen) atoms. The van der Waals surface area contributed by atoms with Crippen LogP contribution in [0.1, 0.15) is 69.9 Å². The lowest BCUT2D eigenvalue weighted by molar-refractivity contribution is 0.0647. The summed E-state index contributed by atoms with van der Waals surface area (Å²) in [5, 5.41) is 0. The lowest BCUT2D eigenvalue weighted by Gasteiger charge is -2.25. The van der Waals surface area contributed by atoms with Gasteiger partial charge in [0.1, 0.15) is 0 Å². The fourth-order valence-electron chi connectivity index (χ4n) is 3.35. The van der Waals surface area contributed by atoms with Crippen molar-refractivity contribution in [3.8, 4) is 0 Å². The molecule has 5 heteroatoms. The van der Waals surface area contributed by atoms with E-state index in [9.17, 15) is 14.4 Å². The van der Waals surface area contributed by atoms with Crippen molar-refractivity contribution in [3.05, 3.63) is 70.8 Å². The van der Waals surface area contributed by atoms with Crippen LogP contribution in [0.3, 0.4) is 0 Å². The van der Waals surface area contributed by atoms with Crippen LogP contribution in [0, 0.1) is 5.92 Å². The van der Waals surface area contributed by atoms with Crippen LogP contribution < -0.4 is 0 Å². The van der Waals surface area contributed by atoms with Gasteiger partial charge in [-0.05, 0) is 43.0 Å². The SMILES string of the molecule is CC(C)CCN1C(=O)c2ccc(C(=O)N(C)[C@@H](C)c3ccccc3)cc2C1=O. The maximum absolute atomic E-state index is 13.0. The summed E-state index contributed by atoms with van der Waals surface area (Å²) >= 11 is 0. The molecule has 0 fully saturated rings. The highest BCUT2D eigenvalue weighted by Gasteiger charge is 2.36. The molecule has 3 amide bonds. The van der Waals surface area contributed by atoms with E-state index in [4.69, 9.17) is 0 Å². The van der Waals surface area contributed by atoms with E-state index in [1.807, 2.05) is 37.3 Å². The van der Waals surface area contributed by atoms with Crippen LogP contribution in [-0.4, -0.2) is 41.1 Å². The second-order valence-corrected chi connectivity index (χ2v) is 7.71. The normalized spacial score (nSPS) is 14.4. The summed E-state index contributed by atoms with van der Waals surface area (Å²) in [5.74, 6) is -0.366. The van der Waals surface area contributed by atoms with Crippen LogP contribution >= 0.6 is 0 Å². The summed E-state index contributed by atoms with van der Waals surface area (Å²) in [6.45, 7) is 6.47. The zero-order valence-electron chi connectivity index (χ0n) is 16.8. The standard InChI is InChI=1S/C23H26N2O3/c1-15(2)12-13-25-22(27)19-11-10-18(14-20(19)23(25)28)21(26)24(4)16(3)17-8-6-5-7-9-17/h5-11,14-16H,12-13H2,1-4H3/t16-/m0/s1. The summed E-state index contributed by atoms with van der Waals surface area (Å²) in [4.78, 5) is 41.1. The summed E-state index contributed by atoms with van der Waals surface area (Å²) in [5.41, 5.74) is 2.14. The Hall–Kier alpha value is -2.95. The van der Waals surface area contributed by atoms with Crippen molar-refractivity contribution in [1.29, 1.82) is 0 Å². The zero-order chi connectivity index (χ0) is 20.4. The second-order valence-electron chi connectivity index (χ2n) is 7.71. The number of fused-ring (bicyclic) bond motifs is 1. The van der Waals surface area contributed by atoms with Gasteiger partial charge < -0.3 is 4.90 Å². The van der Waals surface area contributed by atoms with Crippen LogP contribution in [0.5, 0.6) is 0 Å². The average molecular weight is 378 g/mol. The van der Waals surface area contributed by atoms with Crippen LogP contribution in [-0.2, 0) is 0 Å². The molecule has 1 aliphatic heterocycles. The van der Waals surface area contributed by atoms with Gasteiger partial charge >= 0.3 is 0 Å². The molecule has 0 bridgehead atoms. The van der Waals surface area contributed by atoms with Gasteiger partial charge in [-0.25, -0.2) is 0 Å². The first kappa shape index (κ1) is 19.8. The molecule has 0 radical (unpaired) electrons. The number of carbonyl (C=O) groups is 3. The lowest BCUT2D eigenvalue weighted by atomic mass is 10.0. The van der Waals surface area contributed by atoms with E-state index >= 15 is 0 Å². The molecule has 1 heterocycles. The predicted octanol–water partition coefficient (Wildman–Crippen LogP) is 4.16. The quantitative estimate of drug-likeness (QED) is 0.709. The first-order valence-corrected chi connectivity index (χ1v) is 9.63. The molecule has 0 spiro atoms. The van der Waals surface area contributed by atoms with Crippen molar-refractivity contribution < 1.29 is 14.4 Å². The molecule has 0 unspecified atom stereocenters. The summed E-state index contributed by atoms with van der Waals surface area (Å²) < 4.78 is 0. The molecule has 146 valence electrons. The van der Waals surface area contributed by atoms with Gasteiger partial charge in [-0.1, -0.05) is 44.2 Å². The molecule has 2 aromatic rings. The maximum Gasteiger partial charge on any atom is 0.261 e. The first-order chi connectivity index (χ1) is 13.3. The number of benzene rings is 2. The number of rotatable bonds is 6. The predicted molar refractivity (Wildman–Crippen MR) is 108 cm³/mol. The van der Waals surface area contributed by atoms with Crippen LogP contribution in [0.25, 0.3) is 0 Å². The van der Waals surface area contributed by atoms with Gasteiger partial charge in [-0.15, -0.1) is 0 Å². The Morgan fingerprint density at radius 3 is 2.25 bits per heavy atom. The molecule has 0 saturated carbocycles. The van der Waals surface area contributed by atoms with Gasteiger partial charge in [0.2, 0.25) is 0 Å². The average Bonchev–Trinajstić information content (AvgIpc) is 2.94. The monoisotopic (exact) mass is 378 g/mol. The molecule has 1 atom stereocenters. The molecular formula is C23H26N2O3. The third kappa shape index (κ3) is 3.70. The zero-order valence-corrected chi connectivity index (χ0v) is 16.8. The number of nitrogens with zero attached hydrogens (tertiary/aromatic N) is 2. The van der Waals surface area contributed by atoms with E-state index in [0.717, 1.165) is 12.0 Å². The van der Waals surface area contributed by atoms with Crippen molar-refractivity contribution in [1.82, 2.24) is 9.80 Å². The van der Waals surface area contributed by atoms with Gasteiger partial charge in [0, 0.05) is 19.2 Å². The van der Waals surface area contributed by atoms with Crippen LogP contribution in [0.4, 0.5) is 0 Å². The molecule has 2 aromatic carbocycles. The minimum absolute atomic E-state index is 0.109. The minimum Gasteiger partial charge on any atom is -0.335 e. The topological polar surface area (TPSA) is 57.7 Å². The Morgan fingerprint density at radius 2 is 1.61 bits per heavy atom. The van der Waals surface area contributed by atoms with E-state index in [-0.39, 0.29) is 23.8 Å². The molecule has 5 nitrogen and oxygen atoms in total. The Bertz CT molecular complexity index is 905. The summed E-state index contributed by atoms with van der Waals surface area (Å²) in [7, 11) is 1.75. The molecule has 0 N–H and O–H groups in total. The Morgan fingerprint density at radius 1 is 0.964 bits per heavy atom. The highest BCUT2D eigenvalue weighted by Crippen LogP contribution is 2.27. The van der Waals surface area contributed by atoms with E-state index in [1.54, 1.807) is 30.1 Å². The van der Waals surface area contributed by atoms with Gasteiger partial charge in [0.05, 0.1) is 17.2 Å². The number of hydrogen-bond acceptors (Lipinski definition) is 3. The van der Waals surface area contributed by atoms with E-state index in [2.05, 4.69) is 13.8 Å². The van der Waals surface area contributed by atoms with Crippen molar-refractivity contribution in [3.63, 3.8) is 0 Å². The van der Waals surface area contributed by atoms with Crippen molar-refractivity contribution in [2.24, 2.45) is 5.92 Å². The van der Waals surface area contributed by atoms with Crippen molar-refractivity contribution in [2.75, 3.05) is 13.6 Å². The highest BCUT2D eigenvalue weighted by molar-refractivity contribution is 6.22. The van der Waals surface area contributed by atoms with Crippen molar-refractivity contribution in [2.45, 2.75) is 33.2 Å². The molecule has 0 aliphatic carbocycles. The third-order valence-electron chi connectivity index (χ3n) is 5.33. The van der Waals surface area contributed by atoms with Gasteiger partial charge in [0.25, 0.3) is 17.7 Å². The van der Waals surface area contributed by atoms with Gasteiger partial charge in [-0.2, -0.15) is 0 Å². The van der Waals surface area contributed by atoms with Crippen molar-refractivity contribution >= 4 is 17.7 Å². The molecule has 0 aromatic heterocycles. The fraction of sp³-hybridized carbons (Fsp3) is 0.348. The maximum atomic E-state index is 13.0. The minimum atomic E-state index is -0.311. The molecule has 0 saturated heterocycles. The Kier molecular flexibility index (Phi) is 5.63. The van der Waals surface area contributed by atoms with Gasteiger partial charge in [-0.3, -0.25) is 19.3 Å². The van der Waals surface area contributed by atoms with E-state index in [1.165, 1.54) is 4.90 Å². The van der Waals surface area contributed by atoms with Crippen LogP contribution in [0.2, 0.25) is 0 Å². The van der Waals surface area contributed by atoms with E-state index in [0.29, 0.717) is 29.2 Å². The number of amides is 3. The first-order valence-electron chi connectivity index (χ1n) is 9.63. The molecule has 3 rings (SSSR count).